The number of nitrogens with zero attached hydrogens (tertiary/aromatic N) is 2. The van der Waals surface area contributed by atoms with E-state index in [1.54, 1.807) is 17.8 Å². The average Bonchev–Trinajstić information content (AvgIpc) is 3.14. The summed E-state index contributed by atoms with van der Waals surface area (Å²) in [7, 11) is 0. The molecule has 3 rings (SSSR count). The number of halogens is 3. The first-order valence-electron chi connectivity index (χ1n) is 9.67. The Labute approximate surface area is 192 Å². The van der Waals surface area contributed by atoms with Crippen molar-refractivity contribution < 1.29 is 4.79 Å². The van der Waals surface area contributed by atoms with Crippen LogP contribution < -0.4 is 0 Å². The molecule has 1 aliphatic heterocycles. The fourth-order valence-electron chi connectivity index (χ4n) is 3.54. The van der Waals surface area contributed by atoms with Gasteiger partial charge in [-0.2, -0.15) is 0 Å². The van der Waals surface area contributed by atoms with Gasteiger partial charge in [0.25, 0.3) is 0 Å². The highest BCUT2D eigenvalue weighted by Crippen LogP contribution is 2.40. The first-order valence-corrected chi connectivity index (χ1v) is 11.8. The van der Waals surface area contributed by atoms with Gasteiger partial charge in [0, 0.05) is 36.0 Å². The molecule has 29 heavy (non-hydrogen) atoms. The highest BCUT2D eigenvalue weighted by molar-refractivity contribution is 7.99. The lowest BCUT2D eigenvalue weighted by molar-refractivity contribution is -0.132. The third-order valence-corrected chi connectivity index (χ3v) is 7.08. The molecule has 0 aliphatic carbocycles. The fraction of sp³-hybridized carbons (Fsp3) is 0.409. The van der Waals surface area contributed by atoms with Gasteiger partial charge in [-0.3, -0.25) is 9.69 Å². The third-order valence-electron chi connectivity index (χ3n) is 4.76. The molecule has 2 aromatic rings. The minimum Gasteiger partial charge on any atom is -0.325 e. The van der Waals surface area contributed by atoms with Gasteiger partial charge in [-0.05, 0) is 29.7 Å². The lowest BCUT2D eigenvalue weighted by atomic mass is 10.1. The molecule has 3 nitrogen and oxygen atoms in total. The van der Waals surface area contributed by atoms with Crippen molar-refractivity contribution in [3.63, 3.8) is 0 Å². The maximum absolute atomic E-state index is 13.2. The molecular weight excluding hydrogens is 447 g/mol. The highest BCUT2D eigenvalue weighted by atomic mass is 35.5. The second-order valence-corrected chi connectivity index (χ2v) is 10.1. The van der Waals surface area contributed by atoms with Crippen LogP contribution in [0, 0.1) is 5.92 Å². The molecule has 0 bridgehead atoms. The molecule has 1 atom stereocenters. The lowest BCUT2D eigenvalue weighted by Gasteiger charge is -2.29. The Kier molecular flexibility index (Phi) is 8.17. The van der Waals surface area contributed by atoms with Crippen molar-refractivity contribution in [2.75, 3.05) is 25.4 Å². The molecule has 0 saturated carbocycles. The number of thioether (sulfide) groups is 1. The largest absolute Gasteiger partial charge is 0.325 e. The second kappa shape index (κ2) is 10.4. The SMILES string of the molecule is CC(C)CN(CC(=O)N1CCS[C@H]1c1ccccc1Cl)Cc1ccc(Cl)c(Cl)c1. The Balaban J connectivity index is 1.73. The Morgan fingerprint density at radius 2 is 1.90 bits per heavy atom. The quantitative estimate of drug-likeness (QED) is 0.468. The van der Waals surface area contributed by atoms with Gasteiger partial charge in [-0.25, -0.2) is 0 Å². The van der Waals surface area contributed by atoms with E-state index >= 15 is 0 Å². The van der Waals surface area contributed by atoms with Gasteiger partial charge >= 0.3 is 0 Å². The molecular formula is C22H25Cl3N2OS. The molecule has 0 N–H and O–H groups in total. The van der Waals surface area contributed by atoms with Crippen molar-refractivity contribution in [2.45, 2.75) is 25.8 Å². The van der Waals surface area contributed by atoms with Crippen LogP contribution >= 0.6 is 46.6 Å². The zero-order chi connectivity index (χ0) is 21.0. The topological polar surface area (TPSA) is 23.6 Å². The van der Waals surface area contributed by atoms with E-state index in [9.17, 15) is 4.79 Å². The predicted octanol–water partition coefficient (Wildman–Crippen LogP) is 6.38. The summed E-state index contributed by atoms with van der Waals surface area (Å²) in [5, 5.41) is 1.76. The smallest absolute Gasteiger partial charge is 0.237 e. The van der Waals surface area contributed by atoms with Crippen molar-refractivity contribution in [3.05, 3.63) is 68.7 Å². The van der Waals surface area contributed by atoms with E-state index in [2.05, 4.69) is 18.7 Å². The number of hydrogen-bond acceptors (Lipinski definition) is 3. The van der Waals surface area contributed by atoms with Crippen LogP contribution in [0.5, 0.6) is 0 Å². The van der Waals surface area contributed by atoms with Crippen molar-refractivity contribution in [1.29, 1.82) is 0 Å². The molecule has 1 aliphatic rings. The van der Waals surface area contributed by atoms with Gasteiger partial charge in [0.15, 0.2) is 0 Å². The summed E-state index contributed by atoms with van der Waals surface area (Å²) in [5.41, 5.74) is 2.05. The lowest BCUT2D eigenvalue weighted by Crippen LogP contribution is -2.41. The van der Waals surface area contributed by atoms with Crippen molar-refractivity contribution >= 4 is 52.5 Å². The van der Waals surface area contributed by atoms with E-state index in [0.717, 1.165) is 30.0 Å². The van der Waals surface area contributed by atoms with Gasteiger partial charge < -0.3 is 4.90 Å². The standard InChI is InChI=1S/C22H25Cl3N2OS/c1-15(2)12-26(13-16-7-8-19(24)20(25)11-16)14-21(28)27-9-10-29-22(27)17-5-3-4-6-18(17)23/h3-8,11,15,22H,9-10,12-14H2,1-2H3/t22-/m0/s1. The van der Waals surface area contributed by atoms with Crippen molar-refractivity contribution in [3.8, 4) is 0 Å². The molecule has 1 fully saturated rings. The first kappa shape index (κ1) is 22.8. The average molecular weight is 472 g/mol. The highest BCUT2D eigenvalue weighted by Gasteiger charge is 2.32. The molecule has 1 heterocycles. The zero-order valence-electron chi connectivity index (χ0n) is 16.6. The van der Waals surface area contributed by atoms with E-state index in [4.69, 9.17) is 34.8 Å². The van der Waals surface area contributed by atoms with Crippen LogP contribution in [0.1, 0.15) is 30.3 Å². The Morgan fingerprint density at radius 1 is 1.14 bits per heavy atom. The molecule has 1 saturated heterocycles. The van der Waals surface area contributed by atoms with Crippen molar-refractivity contribution in [1.82, 2.24) is 9.80 Å². The zero-order valence-corrected chi connectivity index (χ0v) is 19.7. The van der Waals surface area contributed by atoms with Crippen LogP contribution in [0.15, 0.2) is 42.5 Å². The summed E-state index contributed by atoms with van der Waals surface area (Å²) in [6.45, 7) is 6.89. The maximum Gasteiger partial charge on any atom is 0.237 e. The molecule has 0 aromatic heterocycles. The minimum absolute atomic E-state index is 0.0259. The van der Waals surface area contributed by atoms with Crippen LogP contribution in [-0.4, -0.2) is 41.1 Å². The van der Waals surface area contributed by atoms with Crippen LogP contribution in [0.2, 0.25) is 15.1 Å². The van der Waals surface area contributed by atoms with Crippen LogP contribution in [0.25, 0.3) is 0 Å². The maximum atomic E-state index is 13.2. The Bertz CT molecular complexity index is 862. The van der Waals surface area contributed by atoms with E-state index in [-0.39, 0.29) is 11.3 Å². The number of rotatable bonds is 7. The monoisotopic (exact) mass is 470 g/mol. The van der Waals surface area contributed by atoms with E-state index in [1.807, 2.05) is 41.3 Å². The molecule has 0 spiro atoms. The van der Waals surface area contributed by atoms with Gasteiger partial charge in [0.1, 0.15) is 5.37 Å². The number of benzene rings is 2. The second-order valence-electron chi connectivity index (χ2n) is 7.64. The summed E-state index contributed by atoms with van der Waals surface area (Å²) in [6, 6.07) is 13.4. The molecule has 2 aromatic carbocycles. The van der Waals surface area contributed by atoms with Crippen LogP contribution in [0.4, 0.5) is 0 Å². The molecule has 1 amide bonds. The third kappa shape index (κ3) is 6.05. The molecule has 156 valence electrons. The van der Waals surface area contributed by atoms with Crippen molar-refractivity contribution in [2.24, 2.45) is 5.92 Å². The van der Waals surface area contributed by atoms with E-state index in [0.29, 0.717) is 34.1 Å². The van der Waals surface area contributed by atoms with Crippen LogP contribution in [0.3, 0.4) is 0 Å². The van der Waals surface area contributed by atoms with Gasteiger partial charge in [-0.15, -0.1) is 11.8 Å². The Morgan fingerprint density at radius 3 is 2.59 bits per heavy atom. The van der Waals surface area contributed by atoms with Crippen LogP contribution in [-0.2, 0) is 11.3 Å². The number of carbonyl (C=O) groups is 1. The van der Waals surface area contributed by atoms with E-state index < -0.39 is 0 Å². The predicted molar refractivity (Wildman–Crippen MR) is 125 cm³/mol. The van der Waals surface area contributed by atoms with E-state index in [1.165, 1.54) is 0 Å². The van der Waals surface area contributed by atoms with Gasteiger partial charge in [-0.1, -0.05) is 72.9 Å². The molecule has 0 radical (unpaired) electrons. The van der Waals surface area contributed by atoms with Gasteiger partial charge in [0.2, 0.25) is 5.91 Å². The number of carbonyl (C=O) groups excluding carboxylic acids is 1. The minimum atomic E-state index is -0.0259. The summed E-state index contributed by atoms with van der Waals surface area (Å²) in [5.74, 6) is 1.48. The normalized spacial score (nSPS) is 16.8. The Hall–Kier alpha value is -0.910. The summed E-state index contributed by atoms with van der Waals surface area (Å²) in [4.78, 5) is 17.4. The first-order chi connectivity index (χ1) is 13.8. The summed E-state index contributed by atoms with van der Waals surface area (Å²) >= 11 is 20.4. The fourth-order valence-corrected chi connectivity index (χ4v) is 5.48. The van der Waals surface area contributed by atoms with Gasteiger partial charge in [0.05, 0.1) is 16.6 Å². The number of hydrogen-bond donors (Lipinski definition) is 0. The number of amides is 1. The molecule has 7 heteroatoms. The summed E-state index contributed by atoms with van der Waals surface area (Å²) in [6.07, 6.45) is 0. The molecule has 0 unspecified atom stereocenters. The summed E-state index contributed by atoms with van der Waals surface area (Å²) < 4.78 is 0.